The summed E-state index contributed by atoms with van der Waals surface area (Å²) in [5.74, 6) is -0.491. The lowest BCUT2D eigenvalue weighted by atomic mass is 10.0. The molecule has 1 atom stereocenters. The van der Waals surface area contributed by atoms with Crippen LogP contribution in [0.1, 0.15) is 17.2 Å². The van der Waals surface area contributed by atoms with Gasteiger partial charge in [0.2, 0.25) is 0 Å². The van der Waals surface area contributed by atoms with Gasteiger partial charge in [0, 0.05) is 33.7 Å². The average molecular weight is 297 g/mol. The third-order valence-corrected chi connectivity index (χ3v) is 3.15. The number of nitrogens with zero attached hydrogens (tertiary/aromatic N) is 1. The fraction of sp³-hybridized carbons (Fsp3) is 0.0833. The van der Waals surface area contributed by atoms with Crippen molar-refractivity contribution in [3.05, 3.63) is 58.1 Å². The number of nitrogen functional groups attached to an aromatic ring is 1. The first-order valence-corrected chi connectivity index (χ1v) is 5.72. The van der Waals surface area contributed by atoms with E-state index in [-0.39, 0.29) is 5.56 Å². The second-order valence-corrected chi connectivity index (χ2v) is 4.40. The molecule has 0 aliphatic carbocycles. The van der Waals surface area contributed by atoms with Gasteiger partial charge >= 0.3 is 0 Å². The Kier molecular flexibility index (Phi) is 3.40. The Morgan fingerprint density at radius 1 is 1.35 bits per heavy atom. The van der Waals surface area contributed by atoms with Crippen LogP contribution < -0.4 is 5.73 Å². The first-order valence-electron chi connectivity index (χ1n) is 4.92. The van der Waals surface area contributed by atoms with E-state index in [1.165, 1.54) is 18.5 Å². The van der Waals surface area contributed by atoms with Crippen LogP contribution >= 0.6 is 15.9 Å². The Labute approximate surface area is 106 Å². The van der Waals surface area contributed by atoms with Crippen molar-refractivity contribution in [2.75, 3.05) is 5.73 Å². The maximum atomic E-state index is 13.7. The van der Waals surface area contributed by atoms with E-state index < -0.39 is 11.9 Å². The van der Waals surface area contributed by atoms with Crippen LogP contribution in [-0.2, 0) is 0 Å². The molecular formula is C12H10BrFN2O. The molecule has 0 aliphatic rings. The zero-order valence-corrected chi connectivity index (χ0v) is 10.4. The Morgan fingerprint density at radius 2 is 2.12 bits per heavy atom. The number of aromatic nitrogens is 1. The molecule has 0 aliphatic heterocycles. The standard InChI is InChI=1S/C12H10BrFN2O/c13-8-2-1-3-9(14)11(8)12(17)7-6-16-5-4-10(7)15/h1-6,12,17H,(H2,15,16). The summed E-state index contributed by atoms with van der Waals surface area (Å²) in [5, 5.41) is 10.1. The normalized spacial score (nSPS) is 12.4. The molecule has 1 aromatic heterocycles. The van der Waals surface area contributed by atoms with Gasteiger partial charge < -0.3 is 10.8 Å². The van der Waals surface area contributed by atoms with E-state index in [2.05, 4.69) is 20.9 Å². The van der Waals surface area contributed by atoms with Gasteiger partial charge in [0.05, 0.1) is 0 Å². The number of benzene rings is 1. The summed E-state index contributed by atoms with van der Waals surface area (Å²) in [6.07, 6.45) is 1.81. The van der Waals surface area contributed by atoms with Crippen LogP contribution in [0.2, 0.25) is 0 Å². The molecule has 1 heterocycles. The van der Waals surface area contributed by atoms with Crippen LogP contribution in [0.25, 0.3) is 0 Å². The predicted octanol–water partition coefficient (Wildman–Crippen LogP) is 2.65. The summed E-state index contributed by atoms with van der Waals surface area (Å²) < 4.78 is 14.2. The van der Waals surface area contributed by atoms with E-state index in [1.807, 2.05) is 0 Å². The maximum absolute atomic E-state index is 13.7. The third-order valence-electron chi connectivity index (χ3n) is 2.45. The molecule has 2 rings (SSSR count). The number of aliphatic hydroxyl groups is 1. The average Bonchev–Trinajstić information content (AvgIpc) is 2.29. The van der Waals surface area contributed by atoms with Crippen molar-refractivity contribution in [3.8, 4) is 0 Å². The maximum Gasteiger partial charge on any atom is 0.130 e. The molecule has 5 heteroatoms. The monoisotopic (exact) mass is 296 g/mol. The zero-order chi connectivity index (χ0) is 12.4. The van der Waals surface area contributed by atoms with Gasteiger partial charge in [-0.25, -0.2) is 4.39 Å². The lowest BCUT2D eigenvalue weighted by Gasteiger charge is -2.15. The molecule has 3 nitrogen and oxygen atoms in total. The Morgan fingerprint density at radius 3 is 2.76 bits per heavy atom. The summed E-state index contributed by atoms with van der Waals surface area (Å²) >= 11 is 3.21. The van der Waals surface area contributed by atoms with Crippen molar-refractivity contribution in [1.29, 1.82) is 0 Å². The highest BCUT2D eigenvalue weighted by molar-refractivity contribution is 9.10. The fourth-order valence-corrected chi connectivity index (χ4v) is 2.13. The molecule has 88 valence electrons. The molecule has 2 aromatic rings. The van der Waals surface area contributed by atoms with Crippen LogP contribution in [0, 0.1) is 5.82 Å². The topological polar surface area (TPSA) is 59.1 Å². The fourth-order valence-electron chi connectivity index (χ4n) is 1.57. The Hall–Kier alpha value is -1.46. The highest BCUT2D eigenvalue weighted by atomic mass is 79.9. The van der Waals surface area contributed by atoms with E-state index >= 15 is 0 Å². The van der Waals surface area contributed by atoms with Gasteiger partial charge in [-0.3, -0.25) is 4.98 Å². The Bertz CT molecular complexity index is 528. The summed E-state index contributed by atoms with van der Waals surface area (Å²) in [4.78, 5) is 3.87. The third kappa shape index (κ3) is 2.30. The van der Waals surface area contributed by atoms with Crippen molar-refractivity contribution in [3.63, 3.8) is 0 Å². The minimum Gasteiger partial charge on any atom is -0.398 e. The SMILES string of the molecule is Nc1ccncc1C(O)c1c(F)cccc1Br. The molecule has 3 N–H and O–H groups in total. The number of aliphatic hydroxyl groups excluding tert-OH is 1. The van der Waals surface area contributed by atoms with Gasteiger partial charge in [0.1, 0.15) is 11.9 Å². The van der Waals surface area contributed by atoms with Crippen molar-refractivity contribution in [1.82, 2.24) is 4.98 Å². The zero-order valence-electron chi connectivity index (χ0n) is 8.77. The molecular weight excluding hydrogens is 287 g/mol. The van der Waals surface area contributed by atoms with E-state index in [4.69, 9.17) is 5.73 Å². The summed E-state index contributed by atoms with van der Waals surface area (Å²) in [6, 6.07) is 6.07. The smallest absolute Gasteiger partial charge is 0.130 e. The molecule has 0 spiro atoms. The summed E-state index contributed by atoms with van der Waals surface area (Å²) in [5.41, 5.74) is 6.65. The number of nitrogens with two attached hydrogens (primary N) is 1. The second-order valence-electron chi connectivity index (χ2n) is 3.54. The van der Waals surface area contributed by atoms with Crippen molar-refractivity contribution < 1.29 is 9.50 Å². The minimum atomic E-state index is -1.14. The molecule has 0 bridgehead atoms. The second kappa shape index (κ2) is 4.81. The van der Waals surface area contributed by atoms with Crippen LogP contribution in [0.5, 0.6) is 0 Å². The van der Waals surface area contributed by atoms with Crippen LogP contribution in [0.15, 0.2) is 41.1 Å². The number of halogens is 2. The summed E-state index contributed by atoms with van der Waals surface area (Å²) in [7, 11) is 0. The predicted molar refractivity (Wildman–Crippen MR) is 66.8 cm³/mol. The highest BCUT2D eigenvalue weighted by Gasteiger charge is 2.20. The van der Waals surface area contributed by atoms with Gasteiger partial charge in [-0.15, -0.1) is 0 Å². The van der Waals surface area contributed by atoms with Gasteiger partial charge in [-0.05, 0) is 18.2 Å². The number of hydrogen-bond acceptors (Lipinski definition) is 3. The molecule has 1 unspecified atom stereocenters. The molecule has 1 aromatic carbocycles. The molecule has 0 saturated heterocycles. The van der Waals surface area contributed by atoms with Crippen LogP contribution in [0.3, 0.4) is 0 Å². The first-order chi connectivity index (χ1) is 8.11. The molecule has 0 amide bonds. The molecule has 0 radical (unpaired) electrons. The Balaban J connectivity index is 2.51. The molecule has 17 heavy (non-hydrogen) atoms. The van der Waals surface area contributed by atoms with Crippen molar-refractivity contribution in [2.45, 2.75) is 6.10 Å². The van der Waals surface area contributed by atoms with Crippen molar-refractivity contribution >= 4 is 21.6 Å². The quantitative estimate of drug-likeness (QED) is 0.896. The van der Waals surface area contributed by atoms with Gasteiger partial charge in [-0.1, -0.05) is 22.0 Å². The van der Waals surface area contributed by atoms with Crippen LogP contribution in [0.4, 0.5) is 10.1 Å². The van der Waals surface area contributed by atoms with E-state index in [0.717, 1.165) is 0 Å². The van der Waals surface area contributed by atoms with Crippen LogP contribution in [-0.4, -0.2) is 10.1 Å². The lowest BCUT2D eigenvalue weighted by molar-refractivity contribution is 0.214. The first kappa shape index (κ1) is 12.0. The molecule has 0 saturated carbocycles. The van der Waals surface area contributed by atoms with E-state index in [1.54, 1.807) is 18.2 Å². The number of hydrogen-bond donors (Lipinski definition) is 2. The van der Waals surface area contributed by atoms with Crippen molar-refractivity contribution in [2.24, 2.45) is 0 Å². The van der Waals surface area contributed by atoms with Gasteiger partial charge in [-0.2, -0.15) is 0 Å². The lowest BCUT2D eigenvalue weighted by Crippen LogP contribution is -2.07. The number of rotatable bonds is 2. The van der Waals surface area contributed by atoms with E-state index in [0.29, 0.717) is 15.7 Å². The van der Waals surface area contributed by atoms with Gasteiger partial charge in [0.15, 0.2) is 0 Å². The number of pyridine rings is 1. The van der Waals surface area contributed by atoms with E-state index in [9.17, 15) is 9.50 Å². The number of anilines is 1. The summed E-state index contributed by atoms with van der Waals surface area (Å²) in [6.45, 7) is 0. The minimum absolute atomic E-state index is 0.159. The highest BCUT2D eigenvalue weighted by Crippen LogP contribution is 2.32. The van der Waals surface area contributed by atoms with Gasteiger partial charge in [0.25, 0.3) is 0 Å². The largest absolute Gasteiger partial charge is 0.398 e. The molecule has 0 fully saturated rings.